The van der Waals surface area contributed by atoms with Crippen molar-refractivity contribution in [2.75, 3.05) is 7.11 Å². The number of rotatable bonds is 3. The Morgan fingerprint density at radius 3 is 1.88 bits per heavy atom. The van der Waals surface area contributed by atoms with Crippen LogP contribution in [-0.2, 0) is 4.43 Å². The van der Waals surface area contributed by atoms with Gasteiger partial charge in [0.2, 0.25) is 8.32 Å². The SMILES string of the molecule is COc1ccc([Si](C)(C)OC(C)(C)C)cc1. The molecule has 0 bridgehead atoms. The highest BCUT2D eigenvalue weighted by atomic mass is 28.4. The molecule has 0 spiro atoms. The molecule has 3 heteroatoms. The van der Waals surface area contributed by atoms with Gasteiger partial charge in [-0.25, -0.2) is 0 Å². The van der Waals surface area contributed by atoms with Crippen molar-refractivity contribution in [3.63, 3.8) is 0 Å². The Kier molecular flexibility index (Phi) is 3.81. The van der Waals surface area contributed by atoms with Crippen molar-refractivity contribution in [2.45, 2.75) is 39.5 Å². The molecule has 1 rings (SSSR count). The fourth-order valence-electron chi connectivity index (χ4n) is 1.82. The van der Waals surface area contributed by atoms with Gasteiger partial charge in [-0.3, -0.25) is 0 Å². The van der Waals surface area contributed by atoms with Crippen molar-refractivity contribution in [1.82, 2.24) is 0 Å². The van der Waals surface area contributed by atoms with Crippen molar-refractivity contribution in [3.05, 3.63) is 24.3 Å². The molecule has 0 heterocycles. The highest BCUT2D eigenvalue weighted by Crippen LogP contribution is 2.18. The molecule has 0 unspecified atom stereocenters. The Bertz CT molecular complexity index is 336. The second kappa shape index (κ2) is 4.59. The van der Waals surface area contributed by atoms with Gasteiger partial charge in [0.05, 0.1) is 7.11 Å². The molecule has 0 aliphatic heterocycles. The van der Waals surface area contributed by atoms with Crippen LogP contribution >= 0.6 is 0 Å². The molecule has 0 fully saturated rings. The third kappa shape index (κ3) is 3.65. The molecular weight excluding hydrogens is 216 g/mol. The second-order valence-electron chi connectivity index (χ2n) is 5.45. The fraction of sp³-hybridized carbons (Fsp3) is 0.538. The minimum Gasteiger partial charge on any atom is -0.497 e. The molecule has 0 atom stereocenters. The van der Waals surface area contributed by atoms with E-state index in [9.17, 15) is 0 Å². The largest absolute Gasteiger partial charge is 0.497 e. The van der Waals surface area contributed by atoms with Crippen LogP contribution in [0.15, 0.2) is 24.3 Å². The van der Waals surface area contributed by atoms with E-state index in [1.165, 1.54) is 5.19 Å². The van der Waals surface area contributed by atoms with Gasteiger partial charge >= 0.3 is 0 Å². The number of methoxy groups -OCH3 is 1. The molecule has 90 valence electrons. The van der Waals surface area contributed by atoms with Crippen LogP contribution in [0.5, 0.6) is 5.75 Å². The van der Waals surface area contributed by atoms with Crippen LogP contribution in [0.4, 0.5) is 0 Å². The number of hydrogen-bond donors (Lipinski definition) is 0. The van der Waals surface area contributed by atoms with Gasteiger partial charge in [0.1, 0.15) is 5.75 Å². The number of benzene rings is 1. The second-order valence-corrected chi connectivity index (χ2v) is 9.26. The first-order valence-corrected chi connectivity index (χ1v) is 8.50. The minimum absolute atomic E-state index is 0.0876. The zero-order valence-corrected chi connectivity index (χ0v) is 12.1. The predicted octanol–water partition coefficient (Wildman–Crippen LogP) is 2.92. The van der Waals surface area contributed by atoms with Gasteiger partial charge < -0.3 is 9.16 Å². The zero-order chi connectivity index (χ0) is 12.4. The summed E-state index contributed by atoms with van der Waals surface area (Å²) < 4.78 is 11.3. The minimum atomic E-state index is -1.81. The lowest BCUT2D eigenvalue weighted by molar-refractivity contribution is 0.125. The van der Waals surface area contributed by atoms with Crippen molar-refractivity contribution >= 4 is 13.5 Å². The van der Waals surface area contributed by atoms with Crippen LogP contribution in [0.25, 0.3) is 0 Å². The van der Waals surface area contributed by atoms with E-state index in [0.717, 1.165) is 5.75 Å². The third-order valence-corrected chi connectivity index (χ3v) is 5.19. The van der Waals surface area contributed by atoms with E-state index >= 15 is 0 Å². The molecule has 0 radical (unpaired) electrons. The average molecular weight is 238 g/mol. The van der Waals surface area contributed by atoms with Crippen LogP contribution in [0.1, 0.15) is 20.8 Å². The van der Waals surface area contributed by atoms with E-state index in [1.54, 1.807) is 7.11 Å². The fourth-order valence-corrected chi connectivity index (χ4v) is 4.43. The summed E-state index contributed by atoms with van der Waals surface area (Å²) in [5, 5.41) is 1.29. The van der Waals surface area contributed by atoms with E-state index in [2.05, 4.69) is 46.0 Å². The van der Waals surface area contributed by atoms with E-state index in [1.807, 2.05) is 12.1 Å². The van der Waals surface area contributed by atoms with E-state index < -0.39 is 8.32 Å². The van der Waals surface area contributed by atoms with Gasteiger partial charge in [0, 0.05) is 5.60 Å². The van der Waals surface area contributed by atoms with Crippen molar-refractivity contribution in [1.29, 1.82) is 0 Å². The normalized spacial score (nSPS) is 12.6. The van der Waals surface area contributed by atoms with Crippen molar-refractivity contribution in [2.24, 2.45) is 0 Å². The topological polar surface area (TPSA) is 18.5 Å². The molecule has 0 N–H and O–H groups in total. The first kappa shape index (κ1) is 13.3. The molecule has 0 aliphatic carbocycles. The molecule has 0 amide bonds. The van der Waals surface area contributed by atoms with Crippen molar-refractivity contribution < 1.29 is 9.16 Å². The molecule has 0 saturated heterocycles. The Labute approximate surface area is 99.7 Å². The summed E-state index contributed by atoms with van der Waals surface area (Å²) in [4.78, 5) is 0. The summed E-state index contributed by atoms with van der Waals surface area (Å²) in [6, 6.07) is 8.21. The van der Waals surface area contributed by atoms with E-state index in [-0.39, 0.29) is 5.60 Å². The molecule has 1 aromatic rings. The van der Waals surface area contributed by atoms with Crippen LogP contribution < -0.4 is 9.92 Å². The lowest BCUT2D eigenvalue weighted by atomic mass is 10.2. The Morgan fingerprint density at radius 1 is 1.00 bits per heavy atom. The Hall–Kier alpha value is -0.803. The summed E-state index contributed by atoms with van der Waals surface area (Å²) in [5.74, 6) is 0.893. The summed E-state index contributed by atoms with van der Waals surface area (Å²) in [6.07, 6.45) is 0. The predicted molar refractivity (Wildman–Crippen MR) is 70.9 cm³/mol. The van der Waals surface area contributed by atoms with Gasteiger partial charge in [0.25, 0.3) is 0 Å². The molecular formula is C13H22O2Si. The number of hydrogen-bond acceptors (Lipinski definition) is 2. The highest BCUT2D eigenvalue weighted by molar-refractivity contribution is 6.84. The van der Waals surface area contributed by atoms with Crippen molar-refractivity contribution in [3.8, 4) is 5.75 Å². The maximum atomic E-state index is 6.18. The van der Waals surface area contributed by atoms with E-state index in [4.69, 9.17) is 9.16 Å². The molecule has 16 heavy (non-hydrogen) atoms. The summed E-state index contributed by atoms with van der Waals surface area (Å²) in [5.41, 5.74) is -0.0876. The molecule has 0 aliphatic rings. The Balaban J connectivity index is 2.89. The summed E-state index contributed by atoms with van der Waals surface area (Å²) >= 11 is 0. The first-order chi connectivity index (χ1) is 7.24. The maximum Gasteiger partial charge on any atom is 0.218 e. The zero-order valence-electron chi connectivity index (χ0n) is 11.1. The standard InChI is InChI=1S/C13H22O2Si/c1-13(2,3)15-16(5,6)12-9-7-11(14-4)8-10-12/h7-10H,1-6H3. The summed E-state index contributed by atoms with van der Waals surface area (Å²) in [6.45, 7) is 10.8. The molecule has 1 aromatic carbocycles. The molecule has 2 nitrogen and oxygen atoms in total. The smallest absolute Gasteiger partial charge is 0.218 e. The lowest BCUT2D eigenvalue weighted by Gasteiger charge is -2.32. The van der Waals surface area contributed by atoms with Crippen LogP contribution in [0, 0.1) is 0 Å². The quantitative estimate of drug-likeness (QED) is 0.754. The van der Waals surface area contributed by atoms with Gasteiger partial charge in [-0.1, -0.05) is 12.1 Å². The Morgan fingerprint density at radius 2 is 1.50 bits per heavy atom. The van der Waals surface area contributed by atoms with Gasteiger partial charge in [-0.2, -0.15) is 0 Å². The van der Waals surface area contributed by atoms with Crippen LogP contribution in [0.2, 0.25) is 13.1 Å². The van der Waals surface area contributed by atoms with Crippen LogP contribution in [0.3, 0.4) is 0 Å². The third-order valence-electron chi connectivity index (χ3n) is 2.35. The monoisotopic (exact) mass is 238 g/mol. The van der Waals surface area contributed by atoms with Gasteiger partial charge in [-0.15, -0.1) is 0 Å². The lowest BCUT2D eigenvalue weighted by Crippen LogP contribution is -2.49. The van der Waals surface area contributed by atoms with Gasteiger partial charge in [0.15, 0.2) is 0 Å². The summed E-state index contributed by atoms with van der Waals surface area (Å²) in [7, 11) is -0.122. The molecule has 0 saturated carbocycles. The average Bonchev–Trinajstić information content (AvgIpc) is 2.14. The first-order valence-electron chi connectivity index (χ1n) is 5.59. The maximum absolute atomic E-state index is 6.18. The van der Waals surface area contributed by atoms with E-state index in [0.29, 0.717) is 0 Å². The van der Waals surface area contributed by atoms with Gasteiger partial charge in [-0.05, 0) is 51.2 Å². The molecule has 0 aromatic heterocycles. The van der Waals surface area contributed by atoms with Crippen LogP contribution in [-0.4, -0.2) is 21.0 Å². The number of ether oxygens (including phenoxy) is 1. The highest BCUT2D eigenvalue weighted by Gasteiger charge is 2.30.